The maximum atomic E-state index is 11.0. The molecule has 0 aromatic rings. The minimum atomic E-state index is -2.89. The molecule has 1 aliphatic rings. The van der Waals surface area contributed by atoms with Gasteiger partial charge in [0.2, 0.25) is 0 Å². The van der Waals surface area contributed by atoms with Gasteiger partial charge < -0.3 is 4.52 Å². The van der Waals surface area contributed by atoms with Gasteiger partial charge in [0.1, 0.15) is 0 Å². The van der Waals surface area contributed by atoms with Gasteiger partial charge in [0.25, 0.3) is 0 Å². The van der Waals surface area contributed by atoms with Crippen molar-refractivity contribution in [3.8, 4) is 0 Å². The summed E-state index contributed by atoms with van der Waals surface area (Å²) in [7, 11) is 0. The van der Waals surface area contributed by atoms with Crippen LogP contribution in [0.15, 0.2) is 11.9 Å². The minimum absolute atomic E-state index is 0.405. The molecule has 2 nitrogen and oxygen atoms in total. The third-order valence-electron chi connectivity index (χ3n) is 1.64. The highest BCUT2D eigenvalue weighted by Gasteiger charge is 2.35. The SMILES string of the molecule is CCC1(C)C=CP(=O)(Cl)O1. The van der Waals surface area contributed by atoms with E-state index in [1.807, 2.05) is 13.8 Å². The highest BCUT2D eigenvalue weighted by molar-refractivity contribution is 7.88. The van der Waals surface area contributed by atoms with E-state index in [9.17, 15) is 4.57 Å². The summed E-state index contributed by atoms with van der Waals surface area (Å²) in [4.78, 5) is 0. The summed E-state index contributed by atoms with van der Waals surface area (Å²) in [6.45, 7) is 0.942. The van der Waals surface area contributed by atoms with Crippen LogP contribution in [0.4, 0.5) is 0 Å². The molecule has 0 aliphatic carbocycles. The number of halogens is 1. The van der Waals surface area contributed by atoms with Gasteiger partial charge in [0.05, 0.1) is 5.60 Å². The van der Waals surface area contributed by atoms with E-state index in [0.29, 0.717) is 0 Å². The van der Waals surface area contributed by atoms with E-state index < -0.39 is 12.3 Å². The molecule has 0 saturated heterocycles. The van der Waals surface area contributed by atoms with E-state index >= 15 is 0 Å². The van der Waals surface area contributed by atoms with Crippen molar-refractivity contribution in [2.75, 3.05) is 0 Å². The fourth-order valence-electron chi connectivity index (χ4n) is 0.774. The van der Waals surface area contributed by atoms with Crippen LogP contribution in [0.5, 0.6) is 0 Å². The second-order valence-electron chi connectivity index (χ2n) is 2.59. The lowest BCUT2D eigenvalue weighted by Gasteiger charge is -2.19. The molecule has 0 fully saturated rings. The Morgan fingerprint density at radius 3 is 2.60 bits per heavy atom. The zero-order valence-electron chi connectivity index (χ0n) is 6.00. The molecule has 1 aliphatic heterocycles. The van der Waals surface area contributed by atoms with Crippen LogP contribution >= 0.6 is 18.0 Å². The minimum Gasteiger partial charge on any atom is -0.304 e. The van der Waals surface area contributed by atoms with E-state index in [0.717, 1.165) is 6.42 Å². The summed E-state index contributed by atoms with van der Waals surface area (Å²) in [5.74, 6) is 1.46. The van der Waals surface area contributed by atoms with Gasteiger partial charge in [-0.1, -0.05) is 6.92 Å². The van der Waals surface area contributed by atoms with Gasteiger partial charge in [-0.15, -0.1) is 0 Å². The van der Waals surface area contributed by atoms with E-state index in [1.165, 1.54) is 5.82 Å². The predicted octanol–water partition coefficient (Wildman–Crippen LogP) is 3.13. The number of hydrogen-bond acceptors (Lipinski definition) is 2. The van der Waals surface area contributed by atoms with Crippen LogP contribution in [-0.2, 0) is 9.09 Å². The number of rotatable bonds is 1. The van der Waals surface area contributed by atoms with E-state index in [2.05, 4.69) is 0 Å². The molecular weight excluding hydrogens is 170 g/mol. The molecule has 1 rings (SSSR count). The van der Waals surface area contributed by atoms with E-state index in [1.54, 1.807) is 6.08 Å². The smallest absolute Gasteiger partial charge is 0.304 e. The number of hydrogen-bond donors (Lipinski definition) is 0. The first-order valence-electron chi connectivity index (χ1n) is 3.18. The Morgan fingerprint density at radius 2 is 2.40 bits per heavy atom. The summed E-state index contributed by atoms with van der Waals surface area (Å²) in [6.07, 6.45) is 2.56. The van der Waals surface area contributed by atoms with Crippen molar-refractivity contribution in [1.82, 2.24) is 0 Å². The third-order valence-corrected chi connectivity index (χ3v) is 3.36. The van der Waals surface area contributed by atoms with Crippen molar-refractivity contribution in [3.05, 3.63) is 11.9 Å². The first-order chi connectivity index (χ1) is 4.47. The maximum absolute atomic E-state index is 11.0. The fourth-order valence-corrected chi connectivity index (χ4v) is 2.73. The molecule has 0 aromatic heterocycles. The van der Waals surface area contributed by atoms with Gasteiger partial charge in [-0.2, -0.15) is 0 Å². The molecule has 4 heteroatoms. The Bertz CT molecular complexity index is 214. The molecule has 0 amide bonds. The molecule has 0 saturated carbocycles. The summed E-state index contributed by atoms with van der Waals surface area (Å²) in [6, 6.07) is 0. The van der Waals surface area contributed by atoms with Gasteiger partial charge in [-0.05, 0) is 30.7 Å². The lowest BCUT2D eigenvalue weighted by Crippen LogP contribution is -2.18. The fraction of sp³-hybridized carbons (Fsp3) is 0.667. The van der Waals surface area contributed by atoms with Gasteiger partial charge in [0, 0.05) is 5.82 Å². The zero-order chi connectivity index (χ0) is 7.83. The molecule has 0 radical (unpaired) electrons. The van der Waals surface area contributed by atoms with Gasteiger partial charge in [-0.25, -0.2) is 0 Å². The summed E-state index contributed by atoms with van der Waals surface area (Å²) in [5, 5.41) is 0. The van der Waals surface area contributed by atoms with Crippen molar-refractivity contribution in [1.29, 1.82) is 0 Å². The Labute approximate surface area is 65.5 Å². The van der Waals surface area contributed by atoms with E-state index in [4.69, 9.17) is 15.8 Å². The summed E-state index contributed by atoms with van der Waals surface area (Å²) < 4.78 is 16.1. The molecule has 0 aromatic carbocycles. The van der Waals surface area contributed by atoms with Gasteiger partial charge in [-0.3, -0.25) is 4.57 Å². The second-order valence-corrected chi connectivity index (χ2v) is 5.53. The molecule has 0 bridgehead atoms. The quantitative estimate of drug-likeness (QED) is 0.580. The highest BCUT2D eigenvalue weighted by atomic mass is 35.7. The van der Waals surface area contributed by atoms with Crippen molar-refractivity contribution in [2.24, 2.45) is 0 Å². The first-order valence-corrected chi connectivity index (χ1v) is 5.78. The van der Waals surface area contributed by atoms with Crippen molar-refractivity contribution >= 4 is 18.0 Å². The topological polar surface area (TPSA) is 26.3 Å². The second kappa shape index (κ2) is 2.37. The molecule has 0 N–H and O–H groups in total. The Hall–Kier alpha value is 0.220. The van der Waals surface area contributed by atoms with Crippen molar-refractivity contribution in [2.45, 2.75) is 25.9 Å². The lowest BCUT2D eigenvalue weighted by molar-refractivity contribution is 0.157. The van der Waals surface area contributed by atoms with Crippen LogP contribution in [0.1, 0.15) is 20.3 Å². The lowest BCUT2D eigenvalue weighted by atomic mass is 10.1. The Kier molecular flexibility index (Phi) is 1.97. The predicted molar refractivity (Wildman–Crippen MR) is 42.4 cm³/mol. The third kappa shape index (κ3) is 1.63. The standard InChI is InChI=1S/C6H10ClO2P/c1-3-6(2)4-5-10(7,8)9-6/h4-5H,3H2,1-2H3. The molecule has 0 spiro atoms. The molecule has 2 atom stereocenters. The molecule has 10 heavy (non-hydrogen) atoms. The van der Waals surface area contributed by atoms with Crippen LogP contribution in [0.2, 0.25) is 0 Å². The zero-order valence-corrected chi connectivity index (χ0v) is 7.65. The van der Waals surface area contributed by atoms with Crippen molar-refractivity contribution in [3.63, 3.8) is 0 Å². The van der Waals surface area contributed by atoms with E-state index in [-0.39, 0.29) is 0 Å². The molecule has 2 unspecified atom stereocenters. The summed E-state index contributed by atoms with van der Waals surface area (Å²) >= 11 is 5.48. The Balaban J connectivity index is 2.79. The van der Waals surface area contributed by atoms with Crippen LogP contribution in [0, 0.1) is 0 Å². The monoisotopic (exact) mass is 180 g/mol. The van der Waals surface area contributed by atoms with Crippen molar-refractivity contribution < 1.29 is 9.09 Å². The average molecular weight is 181 g/mol. The molecule has 1 heterocycles. The van der Waals surface area contributed by atoms with Crippen LogP contribution < -0.4 is 0 Å². The van der Waals surface area contributed by atoms with Crippen LogP contribution in [0.25, 0.3) is 0 Å². The van der Waals surface area contributed by atoms with Gasteiger partial charge >= 0.3 is 6.72 Å². The Morgan fingerprint density at radius 1 is 1.80 bits per heavy atom. The van der Waals surface area contributed by atoms with Crippen LogP contribution in [-0.4, -0.2) is 5.60 Å². The van der Waals surface area contributed by atoms with Gasteiger partial charge in [0.15, 0.2) is 0 Å². The largest absolute Gasteiger partial charge is 0.313 e. The van der Waals surface area contributed by atoms with Crippen LogP contribution in [0.3, 0.4) is 0 Å². The highest BCUT2D eigenvalue weighted by Crippen LogP contribution is 2.61. The first kappa shape index (κ1) is 8.32. The molecular formula is C6H10ClO2P. The average Bonchev–Trinajstić information content (AvgIpc) is 2.08. The normalized spacial score (nSPS) is 46.3. The summed E-state index contributed by atoms with van der Waals surface area (Å²) in [5.41, 5.74) is -0.405. The molecule has 58 valence electrons. The maximum Gasteiger partial charge on any atom is 0.313 e.